The highest BCUT2D eigenvalue weighted by Gasteiger charge is 2.20. The van der Waals surface area contributed by atoms with E-state index in [9.17, 15) is 0 Å². The number of fused-ring (bicyclic) bond motifs is 6. The Balaban J connectivity index is 1.05. The monoisotopic (exact) mass is 744 g/mol. The summed E-state index contributed by atoms with van der Waals surface area (Å²) >= 11 is 1.86. The fraction of sp³-hybridized carbons (Fsp3) is 0. The molecule has 0 atom stereocenters. The number of hydrogen-bond acceptors (Lipinski definition) is 2. The lowest BCUT2D eigenvalue weighted by atomic mass is 10.0. The van der Waals surface area contributed by atoms with E-state index in [1.165, 1.54) is 69.8 Å². The SMILES string of the molecule is c1ccc(-c2ccc(N(c3ccc(-c4ccccc4-n4c5ccccc5c5cccc(-c6ccccc6)c54)cc3)c3ccc4c(c3)sc3ccccc34)cc2)cc1. The summed E-state index contributed by atoms with van der Waals surface area (Å²) in [5.74, 6) is 0. The zero-order valence-electron chi connectivity index (χ0n) is 31.1. The Morgan fingerprint density at radius 3 is 1.63 bits per heavy atom. The van der Waals surface area contributed by atoms with Crippen molar-refractivity contribution < 1.29 is 0 Å². The van der Waals surface area contributed by atoms with E-state index in [1.807, 2.05) is 11.3 Å². The summed E-state index contributed by atoms with van der Waals surface area (Å²) in [6.07, 6.45) is 0. The van der Waals surface area contributed by atoms with E-state index in [2.05, 4.69) is 228 Å². The molecule has 0 aliphatic heterocycles. The van der Waals surface area contributed by atoms with Crippen LogP contribution in [0, 0.1) is 0 Å². The molecule has 2 nitrogen and oxygen atoms in total. The van der Waals surface area contributed by atoms with E-state index in [4.69, 9.17) is 0 Å². The summed E-state index contributed by atoms with van der Waals surface area (Å²) in [7, 11) is 0. The molecule has 0 amide bonds. The van der Waals surface area contributed by atoms with E-state index in [0.717, 1.165) is 28.3 Å². The van der Waals surface area contributed by atoms with E-state index >= 15 is 0 Å². The zero-order valence-corrected chi connectivity index (χ0v) is 31.9. The van der Waals surface area contributed by atoms with E-state index in [1.54, 1.807) is 0 Å². The third kappa shape index (κ3) is 5.71. The number of nitrogens with zero attached hydrogens (tertiary/aromatic N) is 2. The standard InChI is InChI=1S/C54H36N2S/c1-3-14-37(15-4-1)38-26-30-41(31-27-38)55(43-34-35-48-47-20-9-12-25-52(47)57-53(48)36-43)42-32-28-40(29-33-42)44-18-7-10-23-50(44)56-51-24-11-8-19-46(51)49-22-13-21-45(54(49)56)39-16-5-2-6-17-39/h1-36H. The Morgan fingerprint density at radius 1 is 0.333 bits per heavy atom. The van der Waals surface area contributed by atoms with Gasteiger partial charge in [-0.2, -0.15) is 0 Å². The second kappa shape index (κ2) is 13.8. The number of thiophene rings is 1. The lowest BCUT2D eigenvalue weighted by Crippen LogP contribution is -2.09. The smallest absolute Gasteiger partial charge is 0.0619 e. The van der Waals surface area contributed by atoms with Crippen LogP contribution in [0.5, 0.6) is 0 Å². The van der Waals surface area contributed by atoms with Gasteiger partial charge in [-0.15, -0.1) is 11.3 Å². The highest BCUT2D eigenvalue weighted by atomic mass is 32.1. The van der Waals surface area contributed by atoms with Gasteiger partial charge in [0.15, 0.2) is 0 Å². The van der Waals surface area contributed by atoms with Gasteiger partial charge < -0.3 is 9.47 Å². The van der Waals surface area contributed by atoms with Gasteiger partial charge in [0.25, 0.3) is 0 Å². The Labute approximate surface area is 335 Å². The van der Waals surface area contributed by atoms with Crippen LogP contribution >= 0.6 is 11.3 Å². The van der Waals surface area contributed by atoms with Gasteiger partial charge in [-0.25, -0.2) is 0 Å². The summed E-state index contributed by atoms with van der Waals surface area (Å²) in [6.45, 7) is 0. The molecule has 0 spiro atoms. The number of rotatable bonds is 7. The van der Waals surface area contributed by atoms with Gasteiger partial charge >= 0.3 is 0 Å². The topological polar surface area (TPSA) is 8.17 Å². The molecule has 0 fully saturated rings. The molecular weight excluding hydrogens is 709 g/mol. The minimum atomic E-state index is 1.10. The van der Waals surface area contributed by atoms with Gasteiger partial charge in [0.2, 0.25) is 0 Å². The highest BCUT2D eigenvalue weighted by molar-refractivity contribution is 7.25. The first-order valence-corrected chi connectivity index (χ1v) is 20.2. The predicted octanol–water partition coefficient (Wildman–Crippen LogP) is 15.6. The normalized spacial score (nSPS) is 11.5. The molecular formula is C54H36N2S. The van der Waals surface area contributed by atoms with Crippen molar-refractivity contribution in [2.24, 2.45) is 0 Å². The van der Waals surface area contributed by atoms with Crippen molar-refractivity contribution in [3.63, 3.8) is 0 Å². The first-order chi connectivity index (χ1) is 28.3. The van der Waals surface area contributed by atoms with Crippen molar-refractivity contribution in [2.45, 2.75) is 0 Å². The van der Waals surface area contributed by atoms with Crippen molar-refractivity contribution in [2.75, 3.05) is 4.90 Å². The molecule has 0 aliphatic rings. The van der Waals surface area contributed by atoms with Crippen LogP contribution in [0.25, 0.3) is 81.0 Å². The van der Waals surface area contributed by atoms with Gasteiger partial charge in [-0.1, -0.05) is 164 Å². The lowest BCUT2D eigenvalue weighted by Gasteiger charge is -2.26. The average molecular weight is 745 g/mol. The Morgan fingerprint density at radius 2 is 0.860 bits per heavy atom. The van der Waals surface area contributed by atoms with E-state index in [0.29, 0.717) is 0 Å². The average Bonchev–Trinajstić information content (AvgIpc) is 3.83. The molecule has 2 aromatic heterocycles. The zero-order chi connectivity index (χ0) is 37.7. The molecule has 0 N–H and O–H groups in total. The molecule has 0 bridgehead atoms. The van der Waals surface area contributed by atoms with Crippen molar-refractivity contribution in [3.8, 4) is 39.1 Å². The lowest BCUT2D eigenvalue weighted by molar-refractivity contribution is 1.18. The van der Waals surface area contributed by atoms with Gasteiger partial charge in [0, 0.05) is 59.1 Å². The highest BCUT2D eigenvalue weighted by Crippen LogP contribution is 2.43. The molecule has 3 heteroatoms. The van der Waals surface area contributed by atoms with Crippen LogP contribution in [0.4, 0.5) is 17.1 Å². The van der Waals surface area contributed by atoms with Crippen molar-refractivity contribution in [1.82, 2.24) is 4.57 Å². The van der Waals surface area contributed by atoms with Crippen LogP contribution in [0.3, 0.4) is 0 Å². The number of hydrogen-bond donors (Lipinski definition) is 0. The predicted molar refractivity (Wildman–Crippen MR) is 245 cm³/mol. The quantitative estimate of drug-likeness (QED) is 0.158. The number of benzene rings is 9. The molecule has 11 rings (SSSR count). The van der Waals surface area contributed by atoms with E-state index < -0.39 is 0 Å². The summed E-state index contributed by atoms with van der Waals surface area (Å²) in [6, 6.07) is 79.3. The van der Waals surface area contributed by atoms with Crippen molar-refractivity contribution >= 4 is 70.4 Å². The van der Waals surface area contributed by atoms with Crippen LogP contribution in [0.1, 0.15) is 0 Å². The molecule has 0 aliphatic carbocycles. The summed E-state index contributed by atoms with van der Waals surface area (Å²) in [5.41, 5.74) is 14.1. The Kier molecular flexibility index (Phi) is 8.04. The minimum absolute atomic E-state index is 1.10. The number of aromatic nitrogens is 1. The van der Waals surface area contributed by atoms with Crippen LogP contribution < -0.4 is 4.90 Å². The largest absolute Gasteiger partial charge is 0.310 e. The summed E-state index contributed by atoms with van der Waals surface area (Å²) < 4.78 is 5.06. The maximum Gasteiger partial charge on any atom is 0.0619 e. The molecule has 9 aromatic carbocycles. The molecule has 268 valence electrons. The van der Waals surface area contributed by atoms with Gasteiger partial charge in [-0.3, -0.25) is 0 Å². The summed E-state index contributed by atoms with van der Waals surface area (Å²) in [4.78, 5) is 2.38. The van der Waals surface area contributed by atoms with Crippen LogP contribution in [-0.2, 0) is 0 Å². The molecule has 0 saturated heterocycles. The minimum Gasteiger partial charge on any atom is -0.310 e. The molecule has 0 radical (unpaired) electrons. The molecule has 0 unspecified atom stereocenters. The molecule has 2 heterocycles. The first-order valence-electron chi connectivity index (χ1n) is 19.4. The first kappa shape index (κ1) is 33.2. The fourth-order valence-corrected chi connectivity index (χ4v) is 9.70. The fourth-order valence-electron chi connectivity index (χ4n) is 8.56. The maximum atomic E-state index is 2.47. The van der Waals surface area contributed by atoms with Crippen LogP contribution in [-0.4, -0.2) is 4.57 Å². The van der Waals surface area contributed by atoms with Crippen molar-refractivity contribution in [1.29, 1.82) is 0 Å². The molecule has 0 saturated carbocycles. The Bertz CT molecular complexity index is 3210. The third-order valence-electron chi connectivity index (χ3n) is 11.2. The molecule has 57 heavy (non-hydrogen) atoms. The van der Waals surface area contributed by atoms with Crippen LogP contribution in [0.15, 0.2) is 218 Å². The second-order valence-corrected chi connectivity index (χ2v) is 15.6. The van der Waals surface area contributed by atoms with E-state index in [-0.39, 0.29) is 0 Å². The summed E-state index contributed by atoms with van der Waals surface area (Å²) in [5, 5.41) is 5.11. The van der Waals surface area contributed by atoms with Gasteiger partial charge in [0.05, 0.1) is 16.7 Å². The second-order valence-electron chi connectivity index (χ2n) is 14.5. The Hall–Kier alpha value is -7.20. The number of anilines is 3. The number of para-hydroxylation sites is 3. The van der Waals surface area contributed by atoms with Crippen LogP contribution in [0.2, 0.25) is 0 Å². The maximum absolute atomic E-state index is 2.47. The third-order valence-corrected chi connectivity index (χ3v) is 12.3. The van der Waals surface area contributed by atoms with Gasteiger partial charge in [-0.05, 0) is 76.9 Å². The van der Waals surface area contributed by atoms with Gasteiger partial charge in [0.1, 0.15) is 0 Å². The molecule has 11 aromatic rings. The van der Waals surface area contributed by atoms with Crippen molar-refractivity contribution in [3.05, 3.63) is 218 Å².